The van der Waals surface area contributed by atoms with E-state index >= 15 is 0 Å². The van der Waals surface area contributed by atoms with Crippen LogP contribution in [0.2, 0.25) is 0 Å². The van der Waals surface area contributed by atoms with Crippen LogP contribution >= 0.6 is 11.8 Å². The Labute approximate surface area is 134 Å². The Hall–Kier alpha value is -0.460. The van der Waals surface area contributed by atoms with E-state index in [1.54, 1.807) is 0 Å². The molecule has 1 fully saturated rings. The van der Waals surface area contributed by atoms with Gasteiger partial charge in [-0.3, -0.25) is 9.89 Å². The minimum atomic E-state index is 0.223. The molecule has 0 aromatic carbocycles. The highest BCUT2D eigenvalue weighted by Crippen LogP contribution is 2.19. The molecular formula is C15H33N5S. The summed E-state index contributed by atoms with van der Waals surface area (Å²) in [7, 11) is 4.03. The van der Waals surface area contributed by atoms with Gasteiger partial charge in [-0.25, -0.2) is 0 Å². The number of rotatable bonds is 6. The highest BCUT2D eigenvalue weighted by molar-refractivity contribution is 7.99. The number of aliphatic imine (C=N–C) groups is 1. The van der Waals surface area contributed by atoms with Crippen LogP contribution in [0.25, 0.3) is 0 Å². The zero-order valence-electron chi connectivity index (χ0n) is 14.6. The van der Waals surface area contributed by atoms with Gasteiger partial charge in [0.2, 0.25) is 0 Å². The molecule has 2 N–H and O–H groups in total. The number of likely N-dealkylation sites (N-methyl/N-ethyl adjacent to an activating group) is 1. The number of hydrogen-bond acceptors (Lipinski definition) is 4. The maximum Gasteiger partial charge on any atom is 0.191 e. The van der Waals surface area contributed by atoms with E-state index in [-0.39, 0.29) is 4.75 Å². The van der Waals surface area contributed by atoms with Crippen LogP contribution in [-0.2, 0) is 0 Å². The molecule has 0 saturated carbocycles. The fourth-order valence-corrected chi connectivity index (χ4v) is 2.44. The third-order valence-electron chi connectivity index (χ3n) is 4.18. The SMILES string of the molecule is CN=C(NCC(C)N1CCN(C)CC1)NCC(C)(C)SC. The Morgan fingerprint density at radius 3 is 2.38 bits per heavy atom. The number of guanidine groups is 1. The van der Waals surface area contributed by atoms with Gasteiger partial charge < -0.3 is 15.5 Å². The van der Waals surface area contributed by atoms with E-state index in [1.165, 1.54) is 13.1 Å². The summed E-state index contributed by atoms with van der Waals surface area (Å²) in [5.74, 6) is 0.901. The van der Waals surface area contributed by atoms with Gasteiger partial charge >= 0.3 is 0 Å². The summed E-state index contributed by atoms with van der Waals surface area (Å²) < 4.78 is 0.223. The second kappa shape index (κ2) is 8.86. The van der Waals surface area contributed by atoms with Gasteiger partial charge in [-0.2, -0.15) is 11.8 Å². The van der Waals surface area contributed by atoms with E-state index in [9.17, 15) is 0 Å². The first-order valence-corrected chi connectivity index (χ1v) is 9.02. The fraction of sp³-hybridized carbons (Fsp3) is 0.933. The summed E-state index contributed by atoms with van der Waals surface area (Å²) >= 11 is 1.87. The normalized spacial score (nSPS) is 20.4. The third-order valence-corrected chi connectivity index (χ3v) is 5.43. The number of nitrogens with zero attached hydrogens (tertiary/aromatic N) is 3. The number of piperazine rings is 1. The Bertz CT molecular complexity index is 324. The molecule has 1 aliphatic rings. The summed E-state index contributed by atoms with van der Waals surface area (Å²) in [6.07, 6.45) is 2.15. The van der Waals surface area contributed by atoms with Crippen molar-refractivity contribution in [3.8, 4) is 0 Å². The van der Waals surface area contributed by atoms with Gasteiger partial charge in [0.25, 0.3) is 0 Å². The molecule has 21 heavy (non-hydrogen) atoms. The van der Waals surface area contributed by atoms with Crippen LogP contribution in [0.15, 0.2) is 4.99 Å². The third kappa shape index (κ3) is 6.89. The van der Waals surface area contributed by atoms with Crippen LogP contribution in [0.5, 0.6) is 0 Å². The van der Waals surface area contributed by atoms with Gasteiger partial charge in [-0.1, -0.05) is 0 Å². The summed E-state index contributed by atoms with van der Waals surface area (Å²) in [4.78, 5) is 9.25. The highest BCUT2D eigenvalue weighted by Gasteiger charge is 2.20. The lowest BCUT2D eigenvalue weighted by Gasteiger charge is -2.36. The van der Waals surface area contributed by atoms with Gasteiger partial charge in [0.1, 0.15) is 0 Å². The lowest BCUT2D eigenvalue weighted by molar-refractivity contribution is 0.120. The highest BCUT2D eigenvalue weighted by atomic mass is 32.2. The first kappa shape index (κ1) is 18.6. The lowest BCUT2D eigenvalue weighted by atomic mass is 10.2. The van der Waals surface area contributed by atoms with Gasteiger partial charge in [-0.05, 0) is 34.1 Å². The average Bonchev–Trinajstić information content (AvgIpc) is 2.48. The van der Waals surface area contributed by atoms with Crippen molar-refractivity contribution in [2.45, 2.75) is 31.6 Å². The van der Waals surface area contributed by atoms with Gasteiger partial charge in [0, 0.05) is 57.1 Å². The molecule has 0 amide bonds. The summed E-state index contributed by atoms with van der Waals surface area (Å²) in [6, 6.07) is 0.533. The van der Waals surface area contributed by atoms with Crippen LogP contribution in [-0.4, -0.2) is 86.2 Å². The van der Waals surface area contributed by atoms with E-state index in [2.05, 4.69) is 59.5 Å². The molecule has 0 radical (unpaired) electrons. The molecule has 1 aliphatic heterocycles. The molecule has 6 heteroatoms. The molecular weight excluding hydrogens is 282 g/mol. The van der Waals surface area contributed by atoms with Gasteiger partial charge in [0.05, 0.1) is 0 Å². The molecule has 1 saturated heterocycles. The van der Waals surface area contributed by atoms with E-state index in [4.69, 9.17) is 0 Å². The van der Waals surface area contributed by atoms with Crippen LogP contribution in [0.3, 0.4) is 0 Å². The lowest BCUT2D eigenvalue weighted by Crippen LogP contribution is -2.52. The Morgan fingerprint density at radius 2 is 1.86 bits per heavy atom. The number of thioether (sulfide) groups is 1. The molecule has 0 aliphatic carbocycles. The van der Waals surface area contributed by atoms with Crippen molar-refractivity contribution >= 4 is 17.7 Å². The Kier molecular flexibility index (Phi) is 7.84. The largest absolute Gasteiger partial charge is 0.355 e. The predicted molar refractivity (Wildman–Crippen MR) is 95.5 cm³/mol. The quantitative estimate of drug-likeness (QED) is 0.564. The summed E-state index contributed by atoms with van der Waals surface area (Å²) in [6.45, 7) is 13.3. The van der Waals surface area contributed by atoms with E-state index in [0.717, 1.165) is 32.1 Å². The van der Waals surface area contributed by atoms with Gasteiger partial charge in [-0.15, -0.1) is 0 Å². The molecule has 1 unspecified atom stereocenters. The first-order valence-electron chi connectivity index (χ1n) is 7.80. The standard InChI is InChI=1S/C15H33N5S/c1-13(20-9-7-19(5)8-10-20)11-17-14(16-4)18-12-15(2,3)21-6/h13H,7-12H2,1-6H3,(H2,16,17,18). The zero-order valence-corrected chi connectivity index (χ0v) is 15.4. The number of nitrogens with one attached hydrogen (secondary N) is 2. The summed E-state index contributed by atoms with van der Waals surface area (Å²) in [5.41, 5.74) is 0. The van der Waals surface area contributed by atoms with Crippen LogP contribution < -0.4 is 10.6 Å². The minimum absolute atomic E-state index is 0.223. The smallest absolute Gasteiger partial charge is 0.191 e. The van der Waals surface area contributed by atoms with Crippen molar-refractivity contribution in [2.75, 3.05) is 59.6 Å². The van der Waals surface area contributed by atoms with Crippen molar-refractivity contribution in [3.63, 3.8) is 0 Å². The van der Waals surface area contributed by atoms with Crippen molar-refractivity contribution in [1.29, 1.82) is 0 Å². The topological polar surface area (TPSA) is 42.9 Å². The molecule has 0 aromatic rings. The van der Waals surface area contributed by atoms with E-state index in [1.807, 2.05) is 18.8 Å². The van der Waals surface area contributed by atoms with Gasteiger partial charge in [0.15, 0.2) is 5.96 Å². The fourth-order valence-electron chi connectivity index (χ4n) is 2.23. The average molecular weight is 316 g/mol. The van der Waals surface area contributed by atoms with Crippen LogP contribution in [0.4, 0.5) is 0 Å². The zero-order chi connectivity index (χ0) is 15.9. The monoisotopic (exact) mass is 315 g/mol. The second-order valence-corrected chi connectivity index (χ2v) is 7.97. The van der Waals surface area contributed by atoms with E-state index in [0.29, 0.717) is 6.04 Å². The minimum Gasteiger partial charge on any atom is -0.355 e. The van der Waals surface area contributed by atoms with Crippen LogP contribution in [0.1, 0.15) is 20.8 Å². The molecule has 0 spiro atoms. The maximum absolute atomic E-state index is 4.31. The second-order valence-electron chi connectivity index (χ2n) is 6.46. The molecule has 1 heterocycles. The molecule has 1 atom stereocenters. The Morgan fingerprint density at radius 1 is 1.24 bits per heavy atom. The van der Waals surface area contributed by atoms with Crippen molar-refractivity contribution in [3.05, 3.63) is 0 Å². The maximum atomic E-state index is 4.31. The van der Waals surface area contributed by atoms with Crippen molar-refractivity contribution in [1.82, 2.24) is 20.4 Å². The molecule has 0 bridgehead atoms. The molecule has 5 nitrogen and oxygen atoms in total. The summed E-state index contributed by atoms with van der Waals surface area (Å²) in [5, 5.41) is 6.87. The van der Waals surface area contributed by atoms with E-state index < -0.39 is 0 Å². The van der Waals surface area contributed by atoms with Crippen molar-refractivity contribution in [2.24, 2.45) is 4.99 Å². The molecule has 0 aromatic heterocycles. The number of hydrogen-bond donors (Lipinski definition) is 2. The van der Waals surface area contributed by atoms with Crippen molar-refractivity contribution < 1.29 is 0 Å². The predicted octanol–water partition coefficient (Wildman–Crippen LogP) is 0.929. The van der Waals surface area contributed by atoms with Crippen LogP contribution in [0, 0.1) is 0 Å². The Balaban J connectivity index is 2.31. The molecule has 1 rings (SSSR count). The molecule has 124 valence electrons. The first-order chi connectivity index (χ1) is 9.88.